The highest BCUT2D eigenvalue weighted by atomic mass is 16.3. The van der Waals surface area contributed by atoms with E-state index in [1.165, 1.54) is 0 Å². The van der Waals surface area contributed by atoms with Gasteiger partial charge in [-0.15, -0.1) is 0 Å². The Hall–Kier alpha value is -1.25. The van der Waals surface area contributed by atoms with Gasteiger partial charge in [-0.25, -0.2) is 0 Å². The maximum Gasteiger partial charge on any atom is 0.186 e. The van der Waals surface area contributed by atoms with E-state index in [0.29, 0.717) is 5.75 Å². The summed E-state index contributed by atoms with van der Waals surface area (Å²) in [5, 5.41) is 10.3. The van der Waals surface area contributed by atoms with Crippen LogP contribution in [0, 0.1) is 21.7 Å². The van der Waals surface area contributed by atoms with E-state index in [1.807, 2.05) is 42.5 Å². The monoisotopic (exact) mass is 901 g/mol. The first kappa shape index (κ1) is 67.8. The average Bonchev–Trinajstić information content (AvgIpc) is 3.13. The van der Waals surface area contributed by atoms with Crippen molar-refractivity contribution >= 4 is 197 Å². The number of carbonyl (C=O) groups is 2. The molecule has 71 heavy (non-hydrogen) atoms. The molecule has 0 bridgehead atoms. The fraction of sp³-hybridized carbons (Fsp3) is 0.571. The predicted molar refractivity (Wildman–Crippen MR) is 342 cm³/mol. The first-order valence-corrected chi connectivity index (χ1v) is 24.8. The lowest BCUT2D eigenvalue weighted by Crippen LogP contribution is -2.86. The number of rotatable bonds is 11. The molecule has 0 saturated heterocycles. The zero-order valence-electron chi connectivity index (χ0n) is 46.8. The van der Waals surface area contributed by atoms with Crippen molar-refractivity contribution in [3.8, 4) is 5.75 Å². The molecular weight excluding hydrogens is 834 g/mol. The van der Waals surface area contributed by atoms with Crippen LogP contribution < -0.4 is 0 Å². The Labute approximate surface area is 458 Å². The van der Waals surface area contributed by atoms with Gasteiger partial charge in [0, 0.05) is 207 Å². The van der Waals surface area contributed by atoms with Crippen molar-refractivity contribution in [2.24, 2.45) is 21.7 Å². The van der Waals surface area contributed by atoms with Crippen LogP contribution in [0.2, 0.25) is 0 Å². The minimum Gasteiger partial charge on any atom is -0.507 e. The van der Waals surface area contributed by atoms with Gasteiger partial charge in [-0.05, 0) is 79.1 Å². The molecule has 0 saturated carbocycles. The summed E-state index contributed by atoms with van der Waals surface area (Å²) < 4.78 is 0. The highest BCUT2D eigenvalue weighted by Gasteiger charge is 2.50. The molecular formula is C42H62B26O3. The predicted octanol–water partition coefficient (Wildman–Crippen LogP) is 1.42. The van der Waals surface area contributed by atoms with Crippen molar-refractivity contribution < 1.29 is 14.7 Å². The summed E-state index contributed by atoms with van der Waals surface area (Å²) in [6.07, 6.45) is -2.71. The molecule has 1 N–H and O–H groups in total. The zero-order chi connectivity index (χ0) is 56.2. The highest BCUT2D eigenvalue weighted by Crippen LogP contribution is 2.44. The molecule has 0 fully saturated rings. The number of benzene rings is 1. The van der Waals surface area contributed by atoms with Crippen molar-refractivity contribution in [1.29, 1.82) is 0 Å². The van der Waals surface area contributed by atoms with Crippen LogP contribution in [0.15, 0.2) is 75.9 Å². The Morgan fingerprint density at radius 2 is 0.521 bits per heavy atom. The molecule has 29 heteroatoms. The number of phenolic OH excluding ortho intramolecular Hbond substituents is 1. The summed E-state index contributed by atoms with van der Waals surface area (Å²) in [6, 6.07) is 6.04. The van der Waals surface area contributed by atoms with Gasteiger partial charge in [0.05, 0.1) is 0 Å². The van der Waals surface area contributed by atoms with Crippen LogP contribution in [0.5, 0.6) is 5.75 Å². The molecule has 1 aromatic carbocycles. The summed E-state index contributed by atoms with van der Waals surface area (Å²) in [5.41, 5.74) is 6.32. The molecule has 2 aliphatic carbocycles. The van der Waals surface area contributed by atoms with Crippen LogP contribution in [0.4, 0.5) is 0 Å². The van der Waals surface area contributed by atoms with Gasteiger partial charge >= 0.3 is 0 Å². The standard InChI is InChI=1S/C28H40O2.C14H22O.B26/c1-25(2,3)19-13-17(14-20(23(19)29)26(4,5)6)18-15-21(27(7,8)9)24(30)22(16-18)28(10,11)12;1-13(2,3)10-8-7-9-11(12(10)15)14(4,5)6;1-15(2)22(16(3)4)25(21(13)14)26(23(17(5)6)18(7)8)24(19(9)10)20(11)12/h13-16H,1-12H3;7-9,15H,1-6H3;. The third-order valence-corrected chi connectivity index (χ3v) is 13.3. The van der Waals surface area contributed by atoms with Crippen molar-refractivity contribution in [2.45, 2.75) is 135 Å². The third kappa shape index (κ3) is 18.5. The molecule has 3 nitrogen and oxygen atoms in total. The topological polar surface area (TPSA) is 54.4 Å². The summed E-state index contributed by atoms with van der Waals surface area (Å²) in [4.78, 5) is 26.6. The van der Waals surface area contributed by atoms with Gasteiger partial charge < -0.3 is 5.11 Å². The number of allylic oxidation sites excluding steroid dienone is 10. The van der Waals surface area contributed by atoms with Crippen LogP contribution in [0.3, 0.4) is 0 Å². The second-order valence-electron chi connectivity index (χ2n) is 25.9. The fourth-order valence-electron chi connectivity index (χ4n) is 9.42. The molecule has 0 atom stereocenters. The SMILES string of the molecule is CC(C)(C)C1=CC(=C2C=C(C(C)(C)C)C(=O)C(C(C)(C)C)=C2)C=C(C(C)(C)C)C1=O.CC(C)(C)c1cccc(C(C)(C)C)c1O.[B]B([B])B(B([B])[B])B(B([B])[B])B(B(B([B])[B])B([B])[B])B(B([B])[B])B([B])[B]. The molecule has 3 rings (SSSR count). The first-order valence-electron chi connectivity index (χ1n) is 24.8. The second kappa shape index (κ2) is 25.7. The Bertz CT molecular complexity index is 1930. The fourth-order valence-corrected chi connectivity index (χ4v) is 9.42. The van der Waals surface area contributed by atoms with E-state index in [9.17, 15) is 14.7 Å². The van der Waals surface area contributed by atoms with Gasteiger partial charge in [-0.2, -0.15) is 0 Å². The van der Waals surface area contributed by atoms with Crippen LogP contribution >= 0.6 is 0 Å². The number of para-hydroxylation sites is 1. The Kier molecular flexibility index (Phi) is 24.6. The first-order chi connectivity index (χ1) is 31.6. The molecule has 0 spiro atoms. The quantitative estimate of drug-likeness (QED) is 0.343. The normalized spacial score (nSPS) is 14.4. The van der Waals surface area contributed by atoms with E-state index in [1.54, 1.807) is 0 Å². The van der Waals surface area contributed by atoms with Crippen LogP contribution in [-0.2, 0) is 20.4 Å². The van der Waals surface area contributed by atoms with Gasteiger partial charge in [0.15, 0.2) is 11.6 Å². The summed E-state index contributed by atoms with van der Waals surface area (Å²) in [5.74, 6) is 0.718. The van der Waals surface area contributed by atoms with Gasteiger partial charge in [0.25, 0.3) is 0 Å². The number of hydrogen-bond acceptors (Lipinski definition) is 3. The molecule has 0 heterocycles. The Balaban J connectivity index is 0.000000561. The Morgan fingerprint density at radius 1 is 0.324 bits per heavy atom. The van der Waals surface area contributed by atoms with E-state index < -0.39 is 76.6 Å². The van der Waals surface area contributed by atoms with Crippen molar-refractivity contribution in [2.75, 3.05) is 0 Å². The molecule has 0 unspecified atom stereocenters. The minimum atomic E-state index is -1.02. The average molecular weight is 896 g/mol. The summed E-state index contributed by atoms with van der Waals surface area (Å²) >= 11 is 0. The van der Waals surface area contributed by atoms with Crippen LogP contribution in [0.1, 0.15) is 136 Å². The number of Topliss-reactive ketones (excluding diaryl/α,β-unsaturated/α-hetero) is 2. The number of aromatic hydroxyl groups is 1. The zero-order valence-corrected chi connectivity index (χ0v) is 46.8. The molecule has 0 aliphatic heterocycles. The Morgan fingerprint density at radius 3 is 0.690 bits per heavy atom. The number of carbonyl (C=O) groups excluding carboxylic acids is 2. The van der Waals surface area contributed by atoms with E-state index in [0.717, 1.165) is 44.6 Å². The van der Waals surface area contributed by atoms with Gasteiger partial charge in [0.2, 0.25) is 0 Å². The van der Waals surface area contributed by atoms with Crippen molar-refractivity contribution in [3.63, 3.8) is 0 Å². The smallest absolute Gasteiger partial charge is 0.186 e. The third-order valence-electron chi connectivity index (χ3n) is 13.3. The highest BCUT2D eigenvalue weighted by molar-refractivity contribution is 8.25. The lowest BCUT2D eigenvalue weighted by molar-refractivity contribution is -0.114. The molecule has 0 aromatic heterocycles. The molecule has 326 valence electrons. The van der Waals surface area contributed by atoms with Gasteiger partial charge in [0.1, 0.15) is 5.75 Å². The number of phenols is 1. The van der Waals surface area contributed by atoms with Crippen molar-refractivity contribution in [1.82, 2.24) is 0 Å². The summed E-state index contributed by atoms with van der Waals surface area (Å²) in [6.45, 7) is 37.7. The van der Waals surface area contributed by atoms with E-state index in [-0.39, 0.29) is 44.1 Å². The lowest BCUT2D eigenvalue weighted by atomic mass is 8.34. The van der Waals surface area contributed by atoms with Gasteiger partial charge in [-0.3, -0.25) is 9.59 Å². The second-order valence-corrected chi connectivity index (χ2v) is 25.9. The van der Waals surface area contributed by atoms with E-state index >= 15 is 0 Å². The molecule has 0 amide bonds. The molecule has 2 aliphatic rings. The maximum absolute atomic E-state index is 13.3. The minimum absolute atomic E-state index is 0.00859. The lowest BCUT2D eigenvalue weighted by Gasteiger charge is -2.48. The van der Waals surface area contributed by atoms with Crippen LogP contribution in [-0.4, -0.2) is 202 Å². The molecule has 1 aromatic rings. The largest absolute Gasteiger partial charge is 0.507 e. The van der Waals surface area contributed by atoms with Gasteiger partial charge in [-0.1, -0.05) is 143 Å². The maximum atomic E-state index is 13.3. The van der Waals surface area contributed by atoms with Crippen molar-refractivity contribution in [3.05, 3.63) is 87.1 Å². The summed E-state index contributed by atoms with van der Waals surface area (Å²) in [7, 11) is 82.9. The molecule has 28 radical (unpaired) electrons. The number of hydrogen-bond donors (Lipinski definition) is 1. The van der Waals surface area contributed by atoms with E-state index in [2.05, 4.69) is 125 Å². The van der Waals surface area contributed by atoms with Crippen LogP contribution in [0.25, 0.3) is 0 Å². The number of ketones is 2. The van der Waals surface area contributed by atoms with E-state index in [4.69, 9.17) is 108 Å².